The second kappa shape index (κ2) is 7.36. The number of anilines is 1. The van der Waals surface area contributed by atoms with E-state index in [-0.39, 0.29) is 18.3 Å². The van der Waals surface area contributed by atoms with Crippen molar-refractivity contribution in [3.05, 3.63) is 75.5 Å². The molecule has 0 aliphatic carbocycles. The average molecular weight is 370 g/mol. The molecule has 5 heteroatoms. The lowest BCUT2D eigenvalue weighted by Gasteiger charge is -2.12. The van der Waals surface area contributed by atoms with E-state index in [1.165, 1.54) is 0 Å². The van der Waals surface area contributed by atoms with E-state index in [1.807, 2.05) is 51.1 Å². The maximum Gasteiger partial charge on any atom is 0.291 e. The predicted octanol–water partition coefficient (Wildman–Crippen LogP) is 5.27. The highest BCUT2D eigenvalue weighted by Crippen LogP contribution is 2.31. The van der Waals surface area contributed by atoms with Gasteiger partial charge in [-0.05, 0) is 61.7 Å². The number of aliphatic hydroxyl groups excluding tert-OH is 1. The Balaban J connectivity index is 1.86. The van der Waals surface area contributed by atoms with Crippen molar-refractivity contribution in [3.63, 3.8) is 0 Å². The maximum absolute atomic E-state index is 12.6. The van der Waals surface area contributed by atoms with Crippen LogP contribution in [-0.4, -0.2) is 11.0 Å². The minimum Gasteiger partial charge on any atom is -0.451 e. The van der Waals surface area contributed by atoms with Crippen LogP contribution < -0.4 is 5.32 Å². The van der Waals surface area contributed by atoms with Gasteiger partial charge in [-0.15, -0.1) is 0 Å². The average Bonchev–Trinajstić information content (AvgIpc) is 3.09. The molecule has 0 atom stereocenters. The number of furan rings is 1. The van der Waals surface area contributed by atoms with E-state index in [0.29, 0.717) is 10.8 Å². The second-order valence-electron chi connectivity index (χ2n) is 6.36. The number of aliphatic hydroxyl groups is 1. The monoisotopic (exact) mass is 369 g/mol. The fourth-order valence-electron chi connectivity index (χ4n) is 2.95. The van der Waals surface area contributed by atoms with Crippen LogP contribution in [0.4, 0.5) is 5.69 Å². The van der Waals surface area contributed by atoms with Crippen LogP contribution in [0.25, 0.3) is 11.3 Å². The summed E-state index contributed by atoms with van der Waals surface area (Å²) in [6.07, 6.45) is 0. The number of carbonyl (C=O) groups excluding carboxylic acids is 1. The molecule has 1 aromatic heterocycles. The second-order valence-corrected chi connectivity index (χ2v) is 6.77. The van der Waals surface area contributed by atoms with Gasteiger partial charge in [-0.2, -0.15) is 0 Å². The van der Waals surface area contributed by atoms with Crippen molar-refractivity contribution in [3.8, 4) is 11.3 Å². The van der Waals surface area contributed by atoms with Crippen molar-refractivity contribution in [2.45, 2.75) is 27.4 Å². The molecule has 0 fully saturated rings. The first-order chi connectivity index (χ1) is 12.4. The third-order valence-corrected chi connectivity index (χ3v) is 4.56. The zero-order valence-corrected chi connectivity index (χ0v) is 15.6. The Morgan fingerprint density at radius 3 is 2.42 bits per heavy atom. The van der Waals surface area contributed by atoms with Gasteiger partial charge in [0.05, 0.1) is 11.6 Å². The largest absolute Gasteiger partial charge is 0.451 e. The highest BCUT2D eigenvalue weighted by atomic mass is 35.5. The molecule has 0 unspecified atom stereocenters. The summed E-state index contributed by atoms with van der Waals surface area (Å²) in [5.41, 5.74) is 5.12. The van der Waals surface area contributed by atoms with Crippen LogP contribution >= 0.6 is 11.6 Å². The molecule has 134 valence electrons. The van der Waals surface area contributed by atoms with Crippen LogP contribution in [0.15, 0.2) is 46.9 Å². The van der Waals surface area contributed by atoms with Crippen molar-refractivity contribution in [1.29, 1.82) is 0 Å². The first kappa shape index (κ1) is 18.2. The summed E-state index contributed by atoms with van der Waals surface area (Å²) in [6, 6.07) is 12.7. The molecular formula is C21H20ClNO3. The van der Waals surface area contributed by atoms with Gasteiger partial charge in [-0.25, -0.2) is 0 Å². The Hall–Kier alpha value is -2.56. The molecule has 3 aromatic rings. The number of hydrogen-bond acceptors (Lipinski definition) is 3. The van der Waals surface area contributed by atoms with E-state index in [1.54, 1.807) is 12.1 Å². The van der Waals surface area contributed by atoms with Crippen LogP contribution in [0.2, 0.25) is 5.02 Å². The number of carbonyl (C=O) groups is 1. The number of benzene rings is 2. The van der Waals surface area contributed by atoms with Crippen molar-refractivity contribution < 1.29 is 14.3 Å². The van der Waals surface area contributed by atoms with Gasteiger partial charge in [0.25, 0.3) is 5.91 Å². The lowest BCUT2D eigenvalue weighted by molar-refractivity contribution is 0.0997. The lowest BCUT2D eigenvalue weighted by Crippen LogP contribution is -2.13. The number of amides is 1. The molecule has 0 spiro atoms. The molecule has 4 nitrogen and oxygen atoms in total. The molecule has 0 radical (unpaired) electrons. The zero-order chi connectivity index (χ0) is 18.8. The molecule has 26 heavy (non-hydrogen) atoms. The Kier molecular flexibility index (Phi) is 5.16. The fraction of sp³-hybridized carbons (Fsp3) is 0.190. The Morgan fingerprint density at radius 2 is 1.77 bits per heavy atom. The number of halogens is 1. The van der Waals surface area contributed by atoms with Gasteiger partial charge in [0.1, 0.15) is 5.76 Å². The number of aryl methyl sites for hydroxylation is 3. The minimum absolute atomic E-state index is 0.0330. The van der Waals surface area contributed by atoms with Gasteiger partial charge in [-0.3, -0.25) is 4.79 Å². The van der Waals surface area contributed by atoms with Crippen LogP contribution in [-0.2, 0) is 6.61 Å². The molecule has 1 heterocycles. The SMILES string of the molecule is Cc1ccc(Cl)c(-c2ccc(C(=O)Nc3c(C)cc(CO)cc3C)o2)c1. The number of rotatable bonds is 4. The van der Waals surface area contributed by atoms with Gasteiger partial charge in [0, 0.05) is 11.3 Å². The highest BCUT2D eigenvalue weighted by Gasteiger charge is 2.16. The molecule has 3 rings (SSSR count). The normalized spacial score (nSPS) is 10.8. The van der Waals surface area contributed by atoms with Crippen LogP contribution in [0.3, 0.4) is 0 Å². The molecule has 2 N–H and O–H groups in total. The summed E-state index contributed by atoms with van der Waals surface area (Å²) in [7, 11) is 0. The molecule has 0 saturated carbocycles. The molecule has 0 aliphatic rings. The summed E-state index contributed by atoms with van der Waals surface area (Å²) in [6.45, 7) is 5.72. The van der Waals surface area contributed by atoms with E-state index < -0.39 is 0 Å². The summed E-state index contributed by atoms with van der Waals surface area (Å²) >= 11 is 6.24. The van der Waals surface area contributed by atoms with Crippen LogP contribution in [0, 0.1) is 20.8 Å². The van der Waals surface area contributed by atoms with Crippen molar-refractivity contribution in [1.82, 2.24) is 0 Å². The van der Waals surface area contributed by atoms with Gasteiger partial charge in [-0.1, -0.05) is 35.4 Å². The number of hydrogen-bond donors (Lipinski definition) is 2. The molecule has 2 aromatic carbocycles. The molecular weight excluding hydrogens is 350 g/mol. The van der Waals surface area contributed by atoms with E-state index >= 15 is 0 Å². The van der Waals surface area contributed by atoms with E-state index in [9.17, 15) is 9.90 Å². The summed E-state index contributed by atoms with van der Waals surface area (Å²) < 4.78 is 5.73. The molecule has 0 aliphatic heterocycles. The van der Waals surface area contributed by atoms with Crippen molar-refractivity contribution >= 4 is 23.2 Å². The van der Waals surface area contributed by atoms with Gasteiger partial charge < -0.3 is 14.8 Å². The smallest absolute Gasteiger partial charge is 0.291 e. The van der Waals surface area contributed by atoms with Crippen LogP contribution in [0.1, 0.15) is 32.8 Å². The summed E-state index contributed by atoms with van der Waals surface area (Å²) in [4.78, 5) is 12.6. The van der Waals surface area contributed by atoms with Gasteiger partial charge >= 0.3 is 0 Å². The third kappa shape index (κ3) is 3.66. The van der Waals surface area contributed by atoms with Crippen molar-refractivity contribution in [2.24, 2.45) is 0 Å². The first-order valence-corrected chi connectivity index (χ1v) is 8.65. The quantitative estimate of drug-likeness (QED) is 0.658. The van der Waals surface area contributed by atoms with E-state index in [0.717, 1.165) is 33.5 Å². The highest BCUT2D eigenvalue weighted by molar-refractivity contribution is 6.33. The number of nitrogens with one attached hydrogen (secondary N) is 1. The van der Waals surface area contributed by atoms with E-state index in [4.69, 9.17) is 16.0 Å². The van der Waals surface area contributed by atoms with Crippen LogP contribution in [0.5, 0.6) is 0 Å². The summed E-state index contributed by atoms with van der Waals surface area (Å²) in [5, 5.41) is 12.7. The molecule has 0 saturated heterocycles. The Bertz CT molecular complexity index is 952. The van der Waals surface area contributed by atoms with E-state index in [2.05, 4.69) is 5.32 Å². The maximum atomic E-state index is 12.6. The predicted molar refractivity (Wildman–Crippen MR) is 104 cm³/mol. The topological polar surface area (TPSA) is 62.5 Å². The summed E-state index contributed by atoms with van der Waals surface area (Å²) in [5.74, 6) is 0.429. The standard InChI is InChI=1S/C21H20ClNO3/c1-12-4-5-17(22)16(8-12)18-6-7-19(26-18)21(25)23-20-13(2)9-15(11-24)10-14(20)3/h4-10,24H,11H2,1-3H3,(H,23,25). The Labute approximate surface area is 157 Å². The first-order valence-electron chi connectivity index (χ1n) is 8.27. The van der Waals surface area contributed by atoms with Gasteiger partial charge in [0.15, 0.2) is 5.76 Å². The Morgan fingerprint density at radius 1 is 1.08 bits per heavy atom. The molecule has 0 bridgehead atoms. The molecule has 1 amide bonds. The zero-order valence-electron chi connectivity index (χ0n) is 14.9. The lowest BCUT2D eigenvalue weighted by atomic mass is 10.0. The minimum atomic E-state index is -0.331. The van der Waals surface area contributed by atoms with Crippen molar-refractivity contribution in [2.75, 3.05) is 5.32 Å². The third-order valence-electron chi connectivity index (χ3n) is 4.23. The van der Waals surface area contributed by atoms with Gasteiger partial charge in [0.2, 0.25) is 0 Å². The fourth-order valence-corrected chi connectivity index (χ4v) is 3.16.